The van der Waals surface area contributed by atoms with Crippen LogP contribution in [0.25, 0.3) is 11.5 Å². The first-order valence-electron chi connectivity index (χ1n) is 8.84. The molecule has 0 aliphatic heterocycles. The Hall–Kier alpha value is -2.98. The molecule has 0 aliphatic carbocycles. The number of anilines is 1. The lowest BCUT2D eigenvalue weighted by Gasteiger charge is -2.09. The fraction of sp³-hybridized carbons (Fsp3) is 0.200. The second-order valence-electron chi connectivity index (χ2n) is 6.23. The molecule has 0 radical (unpaired) electrons. The molecule has 10 heteroatoms. The number of carbonyl (C=O) groups excluding carboxylic acids is 2. The first-order valence-corrected chi connectivity index (χ1v) is 10.6. The van der Waals surface area contributed by atoms with E-state index in [9.17, 15) is 9.59 Å². The van der Waals surface area contributed by atoms with Crippen molar-refractivity contribution in [2.24, 2.45) is 0 Å². The summed E-state index contributed by atoms with van der Waals surface area (Å²) >= 11 is 2.28. The van der Waals surface area contributed by atoms with Gasteiger partial charge in [-0.2, -0.15) is 0 Å². The van der Waals surface area contributed by atoms with Crippen molar-refractivity contribution in [3.8, 4) is 17.2 Å². The molecule has 8 nitrogen and oxygen atoms in total. The highest BCUT2D eigenvalue weighted by atomic mass is 32.2. The van der Waals surface area contributed by atoms with E-state index in [0.29, 0.717) is 16.8 Å². The van der Waals surface area contributed by atoms with Crippen LogP contribution in [0.15, 0.2) is 63.1 Å². The second kappa shape index (κ2) is 10.2. The Morgan fingerprint density at radius 1 is 1.07 bits per heavy atom. The number of hydrogen-bond donors (Lipinski definition) is 1. The van der Waals surface area contributed by atoms with Crippen LogP contribution in [0.3, 0.4) is 0 Å². The van der Waals surface area contributed by atoms with Crippen LogP contribution in [-0.2, 0) is 4.79 Å². The predicted octanol–water partition coefficient (Wildman–Crippen LogP) is 4.25. The van der Waals surface area contributed by atoms with Gasteiger partial charge in [0.25, 0.3) is 10.5 Å². The highest BCUT2D eigenvalue weighted by Crippen LogP contribution is 2.25. The van der Waals surface area contributed by atoms with Crippen molar-refractivity contribution in [3.63, 3.8) is 0 Å². The van der Waals surface area contributed by atoms with Crippen LogP contribution in [0.5, 0.6) is 5.75 Å². The van der Waals surface area contributed by atoms with Gasteiger partial charge >= 0.3 is 0 Å². The lowest BCUT2D eigenvalue weighted by atomic mass is 10.2. The van der Waals surface area contributed by atoms with Gasteiger partial charge in [0.15, 0.2) is 0 Å². The summed E-state index contributed by atoms with van der Waals surface area (Å²) in [6.45, 7) is 0. The molecule has 0 unspecified atom stereocenters. The number of ether oxygens (including phenoxy) is 1. The van der Waals surface area contributed by atoms with Gasteiger partial charge in [-0.15, -0.1) is 10.2 Å². The van der Waals surface area contributed by atoms with Crippen molar-refractivity contribution >= 4 is 40.4 Å². The molecule has 3 aromatic rings. The maximum absolute atomic E-state index is 12.2. The SMILES string of the molecule is COc1ccc(-c2nnc(SCC(=O)Nc3ccc(SC(=O)N(C)C)cc3)o2)cc1. The molecule has 0 aliphatic rings. The first-order chi connectivity index (χ1) is 14.4. The number of hydrogen-bond acceptors (Lipinski definition) is 8. The molecular weight excluding hydrogens is 424 g/mol. The van der Waals surface area contributed by atoms with Gasteiger partial charge < -0.3 is 19.4 Å². The summed E-state index contributed by atoms with van der Waals surface area (Å²) in [6, 6.07) is 14.3. The van der Waals surface area contributed by atoms with E-state index in [1.54, 1.807) is 57.6 Å². The number of rotatable bonds is 7. The molecule has 2 amide bonds. The van der Waals surface area contributed by atoms with E-state index >= 15 is 0 Å². The van der Waals surface area contributed by atoms with Crippen molar-refractivity contribution in [1.82, 2.24) is 15.1 Å². The van der Waals surface area contributed by atoms with E-state index < -0.39 is 0 Å². The molecule has 1 aromatic heterocycles. The zero-order valence-electron chi connectivity index (χ0n) is 16.6. The van der Waals surface area contributed by atoms with Gasteiger partial charge in [0.1, 0.15) is 5.75 Å². The summed E-state index contributed by atoms with van der Waals surface area (Å²) in [5, 5.41) is 11.0. The largest absolute Gasteiger partial charge is 0.497 e. The molecule has 0 bridgehead atoms. The smallest absolute Gasteiger partial charge is 0.285 e. The Morgan fingerprint density at radius 3 is 2.40 bits per heavy atom. The fourth-order valence-corrected chi connectivity index (χ4v) is 3.46. The van der Waals surface area contributed by atoms with Crippen LogP contribution in [0.2, 0.25) is 0 Å². The third kappa shape index (κ3) is 6.01. The van der Waals surface area contributed by atoms with Crippen LogP contribution < -0.4 is 10.1 Å². The average Bonchev–Trinajstić information content (AvgIpc) is 3.23. The number of nitrogens with one attached hydrogen (secondary N) is 1. The van der Waals surface area contributed by atoms with Gasteiger partial charge in [-0.05, 0) is 60.3 Å². The van der Waals surface area contributed by atoms with E-state index in [4.69, 9.17) is 9.15 Å². The summed E-state index contributed by atoms with van der Waals surface area (Å²) in [5.74, 6) is 1.04. The van der Waals surface area contributed by atoms with Crippen molar-refractivity contribution in [2.45, 2.75) is 10.1 Å². The number of nitrogens with zero attached hydrogens (tertiary/aromatic N) is 3. The summed E-state index contributed by atoms with van der Waals surface area (Å²) in [5.41, 5.74) is 1.41. The standard InChI is InChI=1S/C20H20N4O4S2/c1-24(2)20(26)30-16-10-6-14(7-11-16)21-17(25)12-29-19-23-22-18(28-19)13-4-8-15(27-3)9-5-13/h4-11H,12H2,1-3H3,(H,21,25). The minimum absolute atomic E-state index is 0.0586. The number of carbonyl (C=O) groups is 2. The molecule has 156 valence electrons. The zero-order valence-corrected chi connectivity index (χ0v) is 18.3. The molecule has 3 rings (SSSR count). The number of amides is 2. The number of aromatic nitrogens is 2. The minimum atomic E-state index is -0.200. The molecule has 0 spiro atoms. The Labute approximate surface area is 182 Å². The number of thioether (sulfide) groups is 2. The van der Waals surface area contributed by atoms with Gasteiger partial charge in [-0.3, -0.25) is 9.59 Å². The first kappa shape index (κ1) is 21.7. The summed E-state index contributed by atoms with van der Waals surface area (Å²) in [6.07, 6.45) is 0. The van der Waals surface area contributed by atoms with E-state index in [0.717, 1.165) is 39.7 Å². The average molecular weight is 445 g/mol. The van der Waals surface area contributed by atoms with Gasteiger partial charge in [-0.1, -0.05) is 11.8 Å². The van der Waals surface area contributed by atoms with Crippen molar-refractivity contribution in [2.75, 3.05) is 32.3 Å². The highest BCUT2D eigenvalue weighted by Gasteiger charge is 2.12. The molecule has 0 atom stereocenters. The Bertz CT molecular complexity index is 1000. The van der Waals surface area contributed by atoms with Crippen LogP contribution in [-0.4, -0.2) is 53.2 Å². The maximum Gasteiger partial charge on any atom is 0.285 e. The Kier molecular flexibility index (Phi) is 7.36. The van der Waals surface area contributed by atoms with Crippen LogP contribution in [0.4, 0.5) is 10.5 Å². The van der Waals surface area contributed by atoms with Gasteiger partial charge in [-0.25, -0.2) is 0 Å². The van der Waals surface area contributed by atoms with Crippen LogP contribution in [0, 0.1) is 0 Å². The van der Waals surface area contributed by atoms with Gasteiger partial charge in [0.05, 0.1) is 12.9 Å². The van der Waals surface area contributed by atoms with E-state index in [2.05, 4.69) is 15.5 Å². The number of methoxy groups -OCH3 is 1. The Morgan fingerprint density at radius 2 is 1.77 bits per heavy atom. The van der Waals surface area contributed by atoms with Gasteiger partial charge in [0.2, 0.25) is 11.8 Å². The fourth-order valence-electron chi connectivity index (χ4n) is 2.24. The third-order valence-electron chi connectivity index (χ3n) is 3.78. The maximum atomic E-state index is 12.2. The van der Waals surface area contributed by atoms with Crippen molar-refractivity contribution < 1.29 is 18.7 Å². The molecule has 1 N–H and O–H groups in total. The lowest BCUT2D eigenvalue weighted by Crippen LogP contribution is -2.16. The molecule has 0 fully saturated rings. The summed E-state index contributed by atoms with van der Waals surface area (Å²) in [4.78, 5) is 26.2. The third-order valence-corrected chi connectivity index (χ3v) is 5.64. The van der Waals surface area contributed by atoms with E-state index in [1.807, 2.05) is 12.1 Å². The predicted molar refractivity (Wildman–Crippen MR) is 117 cm³/mol. The van der Waals surface area contributed by atoms with Crippen molar-refractivity contribution in [3.05, 3.63) is 48.5 Å². The topological polar surface area (TPSA) is 97.6 Å². The summed E-state index contributed by atoms with van der Waals surface area (Å²) < 4.78 is 10.7. The molecular formula is C20H20N4O4S2. The van der Waals surface area contributed by atoms with Crippen LogP contribution >= 0.6 is 23.5 Å². The summed E-state index contributed by atoms with van der Waals surface area (Å²) in [7, 11) is 5.00. The van der Waals surface area contributed by atoms with Gasteiger partial charge in [0, 0.05) is 30.2 Å². The quantitative estimate of drug-likeness (QED) is 0.540. The Balaban J connectivity index is 1.50. The molecule has 0 saturated carbocycles. The lowest BCUT2D eigenvalue weighted by molar-refractivity contribution is -0.113. The monoisotopic (exact) mass is 444 g/mol. The molecule has 30 heavy (non-hydrogen) atoms. The minimum Gasteiger partial charge on any atom is -0.497 e. The normalized spacial score (nSPS) is 10.5. The van der Waals surface area contributed by atoms with E-state index in [-0.39, 0.29) is 16.9 Å². The highest BCUT2D eigenvalue weighted by molar-refractivity contribution is 8.13. The van der Waals surface area contributed by atoms with Crippen LogP contribution in [0.1, 0.15) is 0 Å². The molecule has 0 saturated heterocycles. The van der Waals surface area contributed by atoms with E-state index in [1.165, 1.54) is 4.90 Å². The van der Waals surface area contributed by atoms with Crippen molar-refractivity contribution in [1.29, 1.82) is 0 Å². The number of benzene rings is 2. The molecule has 2 aromatic carbocycles. The second-order valence-corrected chi connectivity index (χ2v) is 8.18. The zero-order chi connectivity index (χ0) is 21.5. The molecule has 1 heterocycles.